The second-order valence-corrected chi connectivity index (χ2v) is 8.81. The lowest BCUT2D eigenvalue weighted by Gasteiger charge is -2.10. The highest BCUT2D eigenvalue weighted by atomic mass is 35.5. The van der Waals surface area contributed by atoms with Gasteiger partial charge < -0.3 is 0 Å². The van der Waals surface area contributed by atoms with E-state index in [-0.39, 0.29) is 11.6 Å². The van der Waals surface area contributed by atoms with Crippen LogP contribution in [-0.4, -0.2) is 0 Å². The highest BCUT2D eigenvalue weighted by Crippen LogP contribution is 2.30. The topological polar surface area (TPSA) is 0 Å². The molecule has 0 N–H and O–H groups in total. The molecule has 32 heavy (non-hydrogen) atoms. The Labute approximate surface area is 193 Å². The molecule has 0 aliphatic rings. The second-order valence-electron chi connectivity index (χ2n) is 8.37. The maximum Gasteiger partial charge on any atom is 0.134 e. The maximum absolute atomic E-state index is 15.2. The number of hydrogen-bond donors (Lipinski definition) is 0. The van der Waals surface area contributed by atoms with E-state index in [0.29, 0.717) is 28.0 Å². The van der Waals surface area contributed by atoms with Gasteiger partial charge in [-0.05, 0) is 77.6 Å². The predicted molar refractivity (Wildman–Crippen MR) is 131 cm³/mol. The van der Waals surface area contributed by atoms with Gasteiger partial charge in [-0.1, -0.05) is 79.9 Å². The fraction of sp³-hybridized carbons (Fsp3) is 0.241. The van der Waals surface area contributed by atoms with Crippen LogP contribution in [0.3, 0.4) is 0 Å². The Bertz CT molecular complexity index is 1210. The van der Waals surface area contributed by atoms with Gasteiger partial charge in [0.15, 0.2) is 0 Å². The molecule has 164 valence electrons. The summed E-state index contributed by atoms with van der Waals surface area (Å²) in [7, 11) is 0. The van der Waals surface area contributed by atoms with Crippen LogP contribution >= 0.6 is 11.6 Å². The third-order valence-corrected chi connectivity index (χ3v) is 6.30. The highest BCUT2D eigenvalue weighted by molar-refractivity contribution is 6.30. The number of unbranched alkanes of at least 4 members (excludes halogenated alkanes) is 2. The smallest absolute Gasteiger partial charge is 0.134 e. The largest absolute Gasteiger partial charge is 0.206 e. The molecule has 0 saturated carbocycles. The number of aryl methyl sites for hydroxylation is 3. The van der Waals surface area contributed by atoms with E-state index >= 15 is 4.39 Å². The first kappa shape index (κ1) is 22.5. The van der Waals surface area contributed by atoms with Gasteiger partial charge in [-0.2, -0.15) is 0 Å². The molecular weight excluding hydrogens is 422 g/mol. The average Bonchev–Trinajstić information content (AvgIpc) is 2.80. The monoisotopic (exact) mass is 448 g/mol. The van der Waals surface area contributed by atoms with Gasteiger partial charge in [0.2, 0.25) is 0 Å². The first-order valence-electron chi connectivity index (χ1n) is 11.3. The summed E-state index contributed by atoms with van der Waals surface area (Å²) in [4.78, 5) is 0. The van der Waals surface area contributed by atoms with Crippen molar-refractivity contribution in [1.82, 2.24) is 0 Å². The Morgan fingerprint density at radius 3 is 2.25 bits per heavy atom. The predicted octanol–water partition coefficient (Wildman–Crippen LogP) is 8.96. The Kier molecular flexibility index (Phi) is 7.22. The first-order valence-corrected chi connectivity index (χ1v) is 11.7. The van der Waals surface area contributed by atoms with Gasteiger partial charge in [0.1, 0.15) is 11.6 Å². The quantitative estimate of drug-likeness (QED) is 0.236. The molecule has 3 heteroatoms. The zero-order chi connectivity index (χ0) is 22.5. The summed E-state index contributed by atoms with van der Waals surface area (Å²) in [6.45, 7) is 2.16. The summed E-state index contributed by atoms with van der Waals surface area (Å²) in [5.41, 5.74) is 4.15. The van der Waals surface area contributed by atoms with Gasteiger partial charge in [0.25, 0.3) is 0 Å². The molecule has 4 rings (SSSR count). The summed E-state index contributed by atoms with van der Waals surface area (Å²) >= 11 is 5.94. The normalized spacial score (nSPS) is 11.2. The molecule has 4 aromatic rings. The minimum absolute atomic E-state index is 0.199. The van der Waals surface area contributed by atoms with Crippen molar-refractivity contribution in [1.29, 1.82) is 0 Å². The molecule has 0 bridgehead atoms. The molecule has 0 amide bonds. The molecule has 0 aliphatic carbocycles. The van der Waals surface area contributed by atoms with E-state index in [4.69, 9.17) is 11.6 Å². The molecule has 0 spiro atoms. The zero-order valence-electron chi connectivity index (χ0n) is 18.3. The lowest BCUT2D eigenvalue weighted by Crippen LogP contribution is -1.96. The van der Waals surface area contributed by atoms with E-state index in [1.54, 1.807) is 12.1 Å². The Balaban J connectivity index is 1.54. The van der Waals surface area contributed by atoms with E-state index in [1.165, 1.54) is 0 Å². The Morgan fingerprint density at radius 2 is 1.50 bits per heavy atom. The van der Waals surface area contributed by atoms with Crippen LogP contribution in [0.5, 0.6) is 0 Å². The number of halogens is 3. The average molecular weight is 449 g/mol. The van der Waals surface area contributed by atoms with Crippen LogP contribution in [0.2, 0.25) is 5.02 Å². The van der Waals surface area contributed by atoms with Crippen LogP contribution in [-0.2, 0) is 19.3 Å². The van der Waals surface area contributed by atoms with E-state index in [0.717, 1.165) is 54.2 Å². The van der Waals surface area contributed by atoms with E-state index in [9.17, 15) is 4.39 Å². The summed E-state index contributed by atoms with van der Waals surface area (Å²) in [6.07, 6.45) is 5.63. The summed E-state index contributed by atoms with van der Waals surface area (Å²) < 4.78 is 29.9. The zero-order valence-corrected chi connectivity index (χ0v) is 19.1. The van der Waals surface area contributed by atoms with Gasteiger partial charge in [-0.3, -0.25) is 0 Å². The maximum atomic E-state index is 15.2. The molecule has 0 aliphatic heterocycles. The Morgan fingerprint density at radius 1 is 0.719 bits per heavy atom. The standard InChI is InChI=1S/C29H27ClF2/c1-2-3-4-5-21-9-16-26(28(31)18-21)23-13-17-27-24(19-23)12-11-22(29(27)32)10-6-20-7-14-25(30)15-8-20/h7-9,11-19H,2-6,10H2,1H3. The summed E-state index contributed by atoms with van der Waals surface area (Å²) in [5, 5.41) is 2.05. The molecule has 0 heterocycles. The molecule has 4 aromatic carbocycles. The fourth-order valence-corrected chi connectivity index (χ4v) is 4.28. The van der Waals surface area contributed by atoms with Crippen LogP contribution in [0, 0.1) is 11.6 Å². The lowest BCUT2D eigenvalue weighted by molar-refractivity contribution is 0.620. The molecule has 0 fully saturated rings. The van der Waals surface area contributed by atoms with Crippen molar-refractivity contribution in [3.63, 3.8) is 0 Å². The molecule has 0 saturated heterocycles. The van der Waals surface area contributed by atoms with Crippen molar-refractivity contribution < 1.29 is 8.78 Å². The van der Waals surface area contributed by atoms with Crippen molar-refractivity contribution in [3.05, 3.63) is 106 Å². The van der Waals surface area contributed by atoms with E-state index in [2.05, 4.69) is 6.92 Å². The van der Waals surface area contributed by atoms with Crippen LogP contribution in [0.4, 0.5) is 8.78 Å². The van der Waals surface area contributed by atoms with Gasteiger partial charge in [0.05, 0.1) is 0 Å². The van der Waals surface area contributed by atoms with Gasteiger partial charge in [-0.15, -0.1) is 0 Å². The lowest BCUT2D eigenvalue weighted by atomic mass is 9.96. The number of rotatable bonds is 8. The van der Waals surface area contributed by atoms with Crippen molar-refractivity contribution >= 4 is 22.4 Å². The SMILES string of the molecule is CCCCCc1ccc(-c2ccc3c(F)c(CCc4ccc(Cl)cc4)ccc3c2)c(F)c1. The third kappa shape index (κ3) is 5.19. The minimum atomic E-state index is -0.224. The van der Waals surface area contributed by atoms with Crippen LogP contribution < -0.4 is 0 Å². The number of hydrogen-bond acceptors (Lipinski definition) is 0. The van der Waals surface area contributed by atoms with Gasteiger partial charge in [0, 0.05) is 16.0 Å². The molecule has 0 atom stereocenters. The summed E-state index contributed by atoms with van der Waals surface area (Å²) in [6, 6.07) is 22.3. The van der Waals surface area contributed by atoms with Crippen LogP contribution in [0.1, 0.15) is 42.9 Å². The van der Waals surface area contributed by atoms with E-state index < -0.39 is 0 Å². The van der Waals surface area contributed by atoms with Crippen molar-refractivity contribution in [3.8, 4) is 11.1 Å². The van der Waals surface area contributed by atoms with E-state index in [1.807, 2.05) is 60.7 Å². The molecule has 0 radical (unpaired) electrons. The fourth-order valence-electron chi connectivity index (χ4n) is 4.16. The van der Waals surface area contributed by atoms with Crippen LogP contribution in [0.25, 0.3) is 21.9 Å². The van der Waals surface area contributed by atoms with Crippen molar-refractivity contribution in [2.45, 2.75) is 45.4 Å². The van der Waals surface area contributed by atoms with Gasteiger partial charge >= 0.3 is 0 Å². The molecule has 0 unspecified atom stereocenters. The Hall–Kier alpha value is -2.71. The first-order chi connectivity index (χ1) is 15.5. The minimum Gasteiger partial charge on any atom is -0.206 e. The number of fused-ring (bicyclic) bond motifs is 1. The second kappa shape index (κ2) is 10.3. The molecular formula is C29H27ClF2. The van der Waals surface area contributed by atoms with Crippen LogP contribution in [0.15, 0.2) is 72.8 Å². The third-order valence-electron chi connectivity index (χ3n) is 6.04. The molecule has 0 nitrogen and oxygen atoms in total. The van der Waals surface area contributed by atoms with Crippen molar-refractivity contribution in [2.75, 3.05) is 0 Å². The van der Waals surface area contributed by atoms with Gasteiger partial charge in [-0.25, -0.2) is 8.78 Å². The summed E-state index contributed by atoms with van der Waals surface area (Å²) in [5.74, 6) is -0.423. The highest BCUT2D eigenvalue weighted by Gasteiger charge is 2.11. The molecule has 0 aromatic heterocycles. The van der Waals surface area contributed by atoms with Crippen molar-refractivity contribution in [2.24, 2.45) is 0 Å². The number of benzene rings is 4.